The van der Waals surface area contributed by atoms with Gasteiger partial charge in [0.25, 0.3) is 11.9 Å². The molecule has 3 N–H and O–H groups in total. The Hall–Kier alpha value is -3.82. The van der Waals surface area contributed by atoms with Crippen molar-refractivity contribution >= 4 is 56.9 Å². The number of benzene rings is 3. The Morgan fingerprint density at radius 2 is 1.55 bits per heavy atom. The van der Waals surface area contributed by atoms with Gasteiger partial charge in [-0.15, -0.1) is 10.2 Å². The molecule has 0 aliphatic rings. The van der Waals surface area contributed by atoms with Crippen molar-refractivity contribution in [1.82, 2.24) is 20.5 Å². The molecule has 0 saturated carbocycles. The fraction of sp³-hybridized carbons (Fsp3) is 0. The summed E-state index contributed by atoms with van der Waals surface area (Å²) in [5, 5.41) is 16.3. The molecule has 0 saturated heterocycles. The molecule has 0 unspecified atom stereocenters. The van der Waals surface area contributed by atoms with E-state index >= 15 is 0 Å². The van der Waals surface area contributed by atoms with Crippen LogP contribution in [-0.2, 0) is 0 Å². The SMILES string of the molecule is O=C(NC(=O)c1ccccc1Cl)Nc1nnc(-c2ccccc2)c(Nc2ccc(Br)cc2)n1. The van der Waals surface area contributed by atoms with Crippen molar-refractivity contribution in [2.24, 2.45) is 0 Å². The highest BCUT2D eigenvalue weighted by atomic mass is 79.9. The Bertz CT molecular complexity index is 1300. The smallest absolute Gasteiger partial charge is 0.328 e. The van der Waals surface area contributed by atoms with Gasteiger partial charge in [0.2, 0.25) is 0 Å². The van der Waals surface area contributed by atoms with Gasteiger partial charge in [-0.1, -0.05) is 70.0 Å². The molecule has 164 valence electrons. The van der Waals surface area contributed by atoms with E-state index in [4.69, 9.17) is 11.6 Å². The third-order valence-corrected chi connectivity index (χ3v) is 5.27. The molecule has 1 aromatic heterocycles. The molecule has 0 radical (unpaired) electrons. The molecule has 0 bridgehead atoms. The Balaban J connectivity index is 1.57. The van der Waals surface area contributed by atoms with Crippen molar-refractivity contribution in [3.63, 3.8) is 0 Å². The number of aromatic nitrogens is 3. The van der Waals surface area contributed by atoms with E-state index in [2.05, 4.69) is 47.1 Å². The molecule has 10 heteroatoms. The quantitative estimate of drug-likeness (QED) is 0.311. The maximum atomic E-state index is 12.3. The lowest BCUT2D eigenvalue weighted by molar-refractivity contribution is 0.0967. The molecule has 0 aliphatic heterocycles. The summed E-state index contributed by atoms with van der Waals surface area (Å²) in [6.45, 7) is 0. The highest BCUT2D eigenvalue weighted by Crippen LogP contribution is 2.27. The van der Waals surface area contributed by atoms with Crippen LogP contribution in [0.2, 0.25) is 5.02 Å². The fourth-order valence-corrected chi connectivity index (χ4v) is 3.36. The summed E-state index contributed by atoms with van der Waals surface area (Å²) < 4.78 is 0.930. The highest BCUT2D eigenvalue weighted by Gasteiger charge is 2.16. The van der Waals surface area contributed by atoms with Gasteiger partial charge in [0, 0.05) is 15.7 Å². The number of nitrogens with one attached hydrogen (secondary N) is 3. The molecule has 3 amide bonds. The molecule has 4 aromatic rings. The Kier molecular flexibility index (Phi) is 6.92. The van der Waals surface area contributed by atoms with Gasteiger partial charge >= 0.3 is 6.03 Å². The minimum absolute atomic E-state index is 0.0845. The number of anilines is 3. The second-order valence-electron chi connectivity index (χ2n) is 6.72. The first-order valence-electron chi connectivity index (χ1n) is 9.69. The molecule has 8 nitrogen and oxygen atoms in total. The summed E-state index contributed by atoms with van der Waals surface area (Å²) in [5.41, 5.74) is 2.23. The van der Waals surface area contributed by atoms with E-state index in [0.717, 1.165) is 15.7 Å². The van der Waals surface area contributed by atoms with Gasteiger partial charge in [-0.25, -0.2) is 4.79 Å². The molecular weight excluding hydrogens is 508 g/mol. The summed E-state index contributed by atoms with van der Waals surface area (Å²) in [6.07, 6.45) is 0. The summed E-state index contributed by atoms with van der Waals surface area (Å²) in [5.74, 6) is -0.356. The van der Waals surface area contributed by atoms with Crippen molar-refractivity contribution in [1.29, 1.82) is 0 Å². The average molecular weight is 524 g/mol. The summed E-state index contributed by atoms with van der Waals surface area (Å²) in [4.78, 5) is 29.1. The molecule has 4 rings (SSSR count). The van der Waals surface area contributed by atoms with E-state index in [0.29, 0.717) is 11.5 Å². The van der Waals surface area contributed by atoms with Crippen LogP contribution in [-0.4, -0.2) is 27.1 Å². The number of imide groups is 1. The first-order chi connectivity index (χ1) is 16.0. The van der Waals surface area contributed by atoms with Crippen LogP contribution >= 0.6 is 27.5 Å². The van der Waals surface area contributed by atoms with Crippen LogP contribution in [0.25, 0.3) is 11.3 Å². The van der Waals surface area contributed by atoms with E-state index in [1.165, 1.54) is 6.07 Å². The minimum atomic E-state index is -0.816. The fourth-order valence-electron chi connectivity index (χ4n) is 2.88. The average Bonchev–Trinajstić information content (AvgIpc) is 2.81. The Morgan fingerprint density at radius 1 is 0.848 bits per heavy atom. The van der Waals surface area contributed by atoms with Gasteiger partial charge in [-0.3, -0.25) is 15.4 Å². The van der Waals surface area contributed by atoms with Crippen LogP contribution in [0.4, 0.5) is 22.2 Å². The normalized spacial score (nSPS) is 10.4. The number of hydrogen-bond donors (Lipinski definition) is 3. The minimum Gasteiger partial charge on any atom is -0.338 e. The number of rotatable bonds is 5. The van der Waals surface area contributed by atoms with Gasteiger partial charge in [0.05, 0.1) is 10.6 Å². The van der Waals surface area contributed by atoms with Crippen molar-refractivity contribution in [2.75, 3.05) is 10.6 Å². The molecule has 0 fully saturated rings. The molecule has 0 atom stereocenters. The molecular formula is C23H16BrClN6O2. The van der Waals surface area contributed by atoms with Crippen molar-refractivity contribution in [3.05, 3.63) is 93.9 Å². The lowest BCUT2D eigenvalue weighted by atomic mass is 10.1. The molecule has 33 heavy (non-hydrogen) atoms. The van der Waals surface area contributed by atoms with Gasteiger partial charge in [0.15, 0.2) is 5.82 Å². The predicted octanol–water partition coefficient (Wildman–Crippen LogP) is 5.66. The monoisotopic (exact) mass is 522 g/mol. The number of halogens is 2. The van der Waals surface area contributed by atoms with Crippen LogP contribution in [0.5, 0.6) is 0 Å². The summed E-state index contributed by atoms with van der Waals surface area (Å²) in [7, 11) is 0. The third-order valence-electron chi connectivity index (χ3n) is 4.41. The lowest BCUT2D eigenvalue weighted by Crippen LogP contribution is -2.35. The topological polar surface area (TPSA) is 109 Å². The van der Waals surface area contributed by atoms with E-state index in [9.17, 15) is 9.59 Å². The van der Waals surface area contributed by atoms with Crippen molar-refractivity contribution in [2.45, 2.75) is 0 Å². The maximum absolute atomic E-state index is 12.3. The number of carbonyl (C=O) groups is 2. The number of hydrogen-bond acceptors (Lipinski definition) is 6. The maximum Gasteiger partial charge on any atom is 0.328 e. The van der Waals surface area contributed by atoms with Gasteiger partial charge in [-0.05, 0) is 36.4 Å². The number of urea groups is 1. The van der Waals surface area contributed by atoms with Crippen LogP contribution in [0, 0.1) is 0 Å². The number of nitrogens with zero attached hydrogens (tertiary/aromatic N) is 3. The van der Waals surface area contributed by atoms with E-state index in [-0.39, 0.29) is 16.5 Å². The summed E-state index contributed by atoms with van der Waals surface area (Å²) in [6, 6.07) is 22.5. The zero-order valence-electron chi connectivity index (χ0n) is 16.9. The first-order valence-corrected chi connectivity index (χ1v) is 10.9. The molecule has 1 heterocycles. The van der Waals surface area contributed by atoms with Crippen molar-refractivity contribution in [3.8, 4) is 11.3 Å². The standard InChI is InChI=1S/C23H16BrClN6O2/c24-15-10-12-16(13-11-15)26-20-19(14-6-2-1-3-7-14)30-31-22(27-20)29-23(33)28-21(32)17-8-4-5-9-18(17)25/h1-13H,(H3,26,27,28,29,31,32,33). The second kappa shape index (κ2) is 10.2. The Labute approximate surface area is 202 Å². The molecule has 0 spiro atoms. The van der Waals surface area contributed by atoms with Crippen LogP contribution in [0.1, 0.15) is 10.4 Å². The first kappa shape index (κ1) is 22.4. The third kappa shape index (κ3) is 5.71. The summed E-state index contributed by atoms with van der Waals surface area (Å²) >= 11 is 9.41. The Morgan fingerprint density at radius 3 is 2.27 bits per heavy atom. The van der Waals surface area contributed by atoms with Crippen LogP contribution in [0.3, 0.4) is 0 Å². The number of amides is 3. The van der Waals surface area contributed by atoms with Gasteiger partial charge in [-0.2, -0.15) is 4.98 Å². The zero-order valence-corrected chi connectivity index (χ0v) is 19.3. The van der Waals surface area contributed by atoms with Crippen molar-refractivity contribution < 1.29 is 9.59 Å². The predicted molar refractivity (Wildman–Crippen MR) is 131 cm³/mol. The van der Waals surface area contributed by atoms with E-state index in [1.807, 2.05) is 54.6 Å². The zero-order chi connectivity index (χ0) is 23.2. The molecule has 3 aromatic carbocycles. The van der Waals surface area contributed by atoms with Gasteiger partial charge < -0.3 is 5.32 Å². The van der Waals surface area contributed by atoms with Crippen LogP contribution < -0.4 is 16.0 Å². The van der Waals surface area contributed by atoms with E-state index in [1.54, 1.807) is 18.2 Å². The van der Waals surface area contributed by atoms with Gasteiger partial charge in [0.1, 0.15) is 5.69 Å². The van der Waals surface area contributed by atoms with E-state index < -0.39 is 11.9 Å². The second-order valence-corrected chi connectivity index (χ2v) is 8.04. The largest absolute Gasteiger partial charge is 0.338 e. The lowest BCUT2D eigenvalue weighted by Gasteiger charge is -2.12. The molecule has 0 aliphatic carbocycles. The van der Waals surface area contributed by atoms with Crippen LogP contribution in [0.15, 0.2) is 83.3 Å². The number of carbonyl (C=O) groups excluding carboxylic acids is 2. The highest BCUT2D eigenvalue weighted by molar-refractivity contribution is 9.10.